The van der Waals surface area contributed by atoms with Gasteiger partial charge in [0.15, 0.2) is 15.6 Å². The Balaban J connectivity index is 2.76. The fraction of sp³-hybridized carbons (Fsp3) is 0.273. The minimum Gasteiger partial charge on any atom is -0.468 e. The minimum atomic E-state index is -3.79. The van der Waals surface area contributed by atoms with Gasteiger partial charge in [0, 0.05) is 10.0 Å². The molecule has 0 saturated heterocycles. The molecule has 0 fully saturated rings. The van der Waals surface area contributed by atoms with E-state index in [1.807, 2.05) is 0 Å². The van der Waals surface area contributed by atoms with E-state index in [0.717, 1.165) is 11.6 Å². The Hall–Kier alpha value is -1.21. The average Bonchev–Trinajstić information content (AvgIpc) is 2.28. The maximum Gasteiger partial charge on any atom is 0.320 e. The summed E-state index contributed by atoms with van der Waals surface area (Å²) in [7, 11) is -2.69. The summed E-state index contributed by atoms with van der Waals surface area (Å²) in [6, 6.07) is 6.31. The molecule has 0 radical (unpaired) electrons. The first-order valence-corrected chi connectivity index (χ1v) is 7.51. The number of benzene rings is 1. The number of hydrogen-bond donors (Lipinski definition) is 0. The van der Waals surface area contributed by atoms with Crippen molar-refractivity contribution in [2.75, 3.05) is 18.6 Å². The molecule has 1 aromatic rings. The minimum absolute atomic E-state index is 0.284. The Morgan fingerprint density at radius 2 is 1.72 bits per heavy atom. The average molecular weight is 335 g/mol. The molecular formula is C11H11BrO5S. The predicted molar refractivity (Wildman–Crippen MR) is 69.1 cm³/mol. The highest BCUT2D eigenvalue weighted by Gasteiger charge is 2.21. The van der Waals surface area contributed by atoms with Crippen LogP contribution in [0.15, 0.2) is 28.7 Å². The van der Waals surface area contributed by atoms with E-state index < -0.39 is 33.1 Å². The number of halogens is 1. The van der Waals surface area contributed by atoms with Crippen LogP contribution in [-0.2, 0) is 19.4 Å². The molecule has 0 aliphatic rings. The number of carbonyl (C=O) groups is 2. The smallest absolute Gasteiger partial charge is 0.320 e. The van der Waals surface area contributed by atoms with Crippen molar-refractivity contribution in [2.45, 2.75) is 0 Å². The van der Waals surface area contributed by atoms with Gasteiger partial charge in [0.25, 0.3) is 0 Å². The second-order valence-corrected chi connectivity index (χ2v) is 6.52. The van der Waals surface area contributed by atoms with Gasteiger partial charge in [-0.15, -0.1) is 0 Å². The Bertz CT molecular complexity index is 547. The molecule has 0 bridgehead atoms. The van der Waals surface area contributed by atoms with Crippen molar-refractivity contribution in [1.29, 1.82) is 0 Å². The molecule has 0 saturated carbocycles. The quantitative estimate of drug-likeness (QED) is 0.597. The van der Waals surface area contributed by atoms with Gasteiger partial charge in [-0.05, 0) is 12.1 Å². The fourth-order valence-electron chi connectivity index (χ4n) is 1.21. The highest BCUT2D eigenvalue weighted by Crippen LogP contribution is 2.11. The van der Waals surface area contributed by atoms with E-state index in [2.05, 4.69) is 20.7 Å². The van der Waals surface area contributed by atoms with Gasteiger partial charge in [0.05, 0.1) is 7.11 Å². The standard InChI is InChI=1S/C11H11BrO5S/c1-17-11(14)7-18(15,16)6-10(13)8-2-4-9(12)5-3-8/h2-5H,6-7H2,1H3. The molecule has 0 unspecified atom stereocenters. The highest BCUT2D eigenvalue weighted by atomic mass is 79.9. The van der Waals surface area contributed by atoms with Crippen molar-refractivity contribution in [1.82, 2.24) is 0 Å². The lowest BCUT2D eigenvalue weighted by Crippen LogP contribution is -2.24. The summed E-state index contributed by atoms with van der Waals surface area (Å²) in [5.74, 6) is -2.92. The summed E-state index contributed by atoms with van der Waals surface area (Å²) in [6.45, 7) is 0. The van der Waals surface area contributed by atoms with Crippen LogP contribution in [0.1, 0.15) is 10.4 Å². The highest BCUT2D eigenvalue weighted by molar-refractivity contribution is 9.10. The van der Waals surface area contributed by atoms with Gasteiger partial charge in [-0.3, -0.25) is 9.59 Å². The van der Waals surface area contributed by atoms with E-state index in [0.29, 0.717) is 0 Å². The van der Waals surface area contributed by atoms with Crippen molar-refractivity contribution in [3.63, 3.8) is 0 Å². The Morgan fingerprint density at radius 3 is 2.22 bits per heavy atom. The van der Waals surface area contributed by atoms with Gasteiger partial charge in [-0.25, -0.2) is 8.42 Å². The monoisotopic (exact) mass is 334 g/mol. The first-order valence-electron chi connectivity index (χ1n) is 4.90. The Kier molecular flexibility index (Phi) is 5.03. The topological polar surface area (TPSA) is 77.5 Å². The van der Waals surface area contributed by atoms with Crippen LogP contribution in [-0.4, -0.2) is 38.8 Å². The molecule has 0 aromatic heterocycles. The van der Waals surface area contributed by atoms with Crippen molar-refractivity contribution < 1.29 is 22.7 Å². The number of hydrogen-bond acceptors (Lipinski definition) is 5. The summed E-state index contributed by atoms with van der Waals surface area (Å²) in [4.78, 5) is 22.6. The van der Waals surface area contributed by atoms with Crippen LogP contribution >= 0.6 is 15.9 Å². The summed E-state index contributed by atoms with van der Waals surface area (Å²) in [5, 5.41) is 0. The molecule has 7 heteroatoms. The first kappa shape index (κ1) is 14.8. The van der Waals surface area contributed by atoms with E-state index >= 15 is 0 Å². The van der Waals surface area contributed by atoms with Crippen molar-refractivity contribution in [3.8, 4) is 0 Å². The van der Waals surface area contributed by atoms with Crippen LogP contribution in [0.5, 0.6) is 0 Å². The Morgan fingerprint density at radius 1 is 1.17 bits per heavy atom. The first-order chi connectivity index (χ1) is 8.34. The molecule has 0 N–H and O–H groups in total. The second-order valence-electron chi connectivity index (χ2n) is 3.54. The van der Waals surface area contributed by atoms with Crippen LogP contribution in [0.25, 0.3) is 0 Å². The zero-order valence-electron chi connectivity index (χ0n) is 9.55. The van der Waals surface area contributed by atoms with E-state index in [4.69, 9.17) is 0 Å². The van der Waals surface area contributed by atoms with Crippen LogP contribution in [0.3, 0.4) is 0 Å². The van der Waals surface area contributed by atoms with Crippen LogP contribution in [0.2, 0.25) is 0 Å². The number of Topliss-reactive ketones (excluding diaryl/α,β-unsaturated/α-hetero) is 1. The molecule has 5 nitrogen and oxygen atoms in total. The number of esters is 1. The van der Waals surface area contributed by atoms with Crippen molar-refractivity contribution in [3.05, 3.63) is 34.3 Å². The number of rotatable bonds is 5. The molecule has 0 atom stereocenters. The third kappa shape index (κ3) is 4.58. The summed E-state index contributed by atoms with van der Waals surface area (Å²) < 4.78 is 28.1. The predicted octanol–water partition coefficient (Wildman–Crippen LogP) is 1.22. The molecule has 0 amide bonds. The molecule has 18 heavy (non-hydrogen) atoms. The van der Waals surface area contributed by atoms with E-state index in [1.54, 1.807) is 12.1 Å². The summed E-state index contributed by atoms with van der Waals surface area (Å²) in [6.07, 6.45) is 0. The Labute approximate surface area is 113 Å². The van der Waals surface area contributed by atoms with Gasteiger partial charge in [0.2, 0.25) is 0 Å². The van der Waals surface area contributed by atoms with Gasteiger partial charge >= 0.3 is 5.97 Å². The van der Waals surface area contributed by atoms with Gasteiger partial charge in [-0.1, -0.05) is 28.1 Å². The SMILES string of the molecule is COC(=O)CS(=O)(=O)CC(=O)c1ccc(Br)cc1. The molecule has 0 aliphatic carbocycles. The van der Waals surface area contributed by atoms with E-state index in [1.165, 1.54) is 12.1 Å². The molecule has 0 aliphatic heterocycles. The summed E-state index contributed by atoms with van der Waals surface area (Å²) in [5.41, 5.74) is 0.284. The summed E-state index contributed by atoms with van der Waals surface area (Å²) >= 11 is 3.21. The van der Waals surface area contributed by atoms with Gasteiger partial charge in [0.1, 0.15) is 11.5 Å². The van der Waals surface area contributed by atoms with Crippen LogP contribution < -0.4 is 0 Å². The molecule has 1 aromatic carbocycles. The zero-order valence-corrected chi connectivity index (χ0v) is 12.0. The normalized spacial score (nSPS) is 11.0. The third-order valence-electron chi connectivity index (χ3n) is 2.08. The number of sulfone groups is 1. The number of ketones is 1. The molecule has 1 rings (SSSR count). The van der Waals surface area contributed by atoms with Crippen LogP contribution in [0, 0.1) is 0 Å². The lowest BCUT2D eigenvalue weighted by Gasteiger charge is -2.03. The molecular weight excluding hydrogens is 324 g/mol. The van der Waals surface area contributed by atoms with Gasteiger partial charge in [-0.2, -0.15) is 0 Å². The molecule has 0 heterocycles. The van der Waals surface area contributed by atoms with Crippen molar-refractivity contribution in [2.24, 2.45) is 0 Å². The van der Waals surface area contributed by atoms with Crippen molar-refractivity contribution >= 4 is 37.5 Å². The fourth-order valence-corrected chi connectivity index (χ4v) is 2.62. The molecule has 0 spiro atoms. The number of carbonyl (C=O) groups excluding carboxylic acids is 2. The largest absolute Gasteiger partial charge is 0.468 e. The third-order valence-corrected chi connectivity index (χ3v) is 3.99. The lowest BCUT2D eigenvalue weighted by atomic mass is 10.2. The van der Waals surface area contributed by atoms with Crippen LogP contribution in [0.4, 0.5) is 0 Å². The van der Waals surface area contributed by atoms with Gasteiger partial charge < -0.3 is 4.74 Å². The maximum absolute atomic E-state index is 11.7. The van der Waals surface area contributed by atoms with E-state index in [9.17, 15) is 18.0 Å². The maximum atomic E-state index is 11.7. The lowest BCUT2D eigenvalue weighted by molar-refractivity contribution is -0.137. The zero-order chi connectivity index (χ0) is 13.8. The second kappa shape index (κ2) is 6.10. The van der Waals surface area contributed by atoms with E-state index in [-0.39, 0.29) is 5.56 Å². The molecule has 98 valence electrons. The number of methoxy groups -OCH3 is 1. The number of ether oxygens (including phenoxy) is 1.